The Morgan fingerprint density at radius 2 is 1.23 bits per heavy atom. The first kappa shape index (κ1) is 31.7. The number of ether oxygens (including phenoxy) is 3. The lowest BCUT2D eigenvalue weighted by Crippen LogP contribution is -2.25. The highest BCUT2D eigenvalue weighted by Gasteiger charge is 2.31. The molecule has 230 valence electrons. The van der Waals surface area contributed by atoms with Gasteiger partial charge in [-0.05, 0) is 72.3 Å². The Balaban J connectivity index is 1.57. The molecule has 44 heavy (non-hydrogen) atoms. The summed E-state index contributed by atoms with van der Waals surface area (Å²) in [6.07, 6.45) is -9.95. The predicted molar refractivity (Wildman–Crippen MR) is 144 cm³/mol. The van der Waals surface area contributed by atoms with E-state index in [-0.39, 0.29) is 25.1 Å². The van der Waals surface area contributed by atoms with Crippen molar-refractivity contribution in [3.8, 4) is 39.6 Å². The number of aromatic nitrogens is 1. The SMILES string of the molecule is O=C(O)CCNC(=O)c1ccc(OCc2nc(-c3ccc(OC(F)(F)F)cc3)ccc2-c2ccc(OC(F)(F)F)cc2)cc1. The second-order valence-electron chi connectivity index (χ2n) is 9.05. The molecule has 4 rings (SSSR count). The van der Waals surface area contributed by atoms with E-state index in [0.29, 0.717) is 33.8 Å². The van der Waals surface area contributed by atoms with Crippen LogP contribution in [0.5, 0.6) is 17.2 Å². The standard InChI is InChI=1S/C30H22F6N2O6/c31-29(32,33)43-22-9-1-18(2-10-22)24-13-14-25(19-3-11-23(12-4-19)44-30(34,35)36)38-26(24)17-42-21-7-5-20(6-8-21)28(41)37-16-15-27(39)40/h1-14H,15-17H2,(H,37,41)(H,39,40). The van der Waals surface area contributed by atoms with Gasteiger partial charge in [0.25, 0.3) is 5.91 Å². The van der Waals surface area contributed by atoms with Crippen molar-refractivity contribution in [1.82, 2.24) is 10.3 Å². The number of carbonyl (C=O) groups is 2. The third-order valence-electron chi connectivity index (χ3n) is 5.87. The number of hydrogen-bond acceptors (Lipinski definition) is 6. The Labute approximate surface area is 245 Å². The maximum atomic E-state index is 12.6. The molecule has 2 N–H and O–H groups in total. The second kappa shape index (κ2) is 13.4. The lowest BCUT2D eigenvalue weighted by molar-refractivity contribution is -0.275. The summed E-state index contributed by atoms with van der Waals surface area (Å²) >= 11 is 0. The Kier molecular flexibility index (Phi) is 9.61. The molecule has 3 aromatic carbocycles. The number of nitrogens with one attached hydrogen (secondary N) is 1. The monoisotopic (exact) mass is 620 g/mol. The number of aliphatic carboxylic acids is 1. The van der Waals surface area contributed by atoms with Crippen molar-refractivity contribution in [2.24, 2.45) is 0 Å². The van der Waals surface area contributed by atoms with E-state index in [1.807, 2.05) is 0 Å². The van der Waals surface area contributed by atoms with E-state index in [9.17, 15) is 35.9 Å². The average Bonchev–Trinajstić information content (AvgIpc) is 2.95. The molecule has 1 heterocycles. The minimum Gasteiger partial charge on any atom is -0.487 e. The first-order valence-corrected chi connectivity index (χ1v) is 12.7. The highest BCUT2D eigenvalue weighted by atomic mass is 19.4. The Morgan fingerprint density at radius 1 is 0.705 bits per heavy atom. The maximum absolute atomic E-state index is 12.6. The van der Waals surface area contributed by atoms with Crippen LogP contribution in [-0.2, 0) is 11.4 Å². The molecular weight excluding hydrogens is 598 g/mol. The zero-order chi connectivity index (χ0) is 31.9. The van der Waals surface area contributed by atoms with Crippen LogP contribution in [0.25, 0.3) is 22.4 Å². The van der Waals surface area contributed by atoms with Crippen LogP contribution in [-0.4, -0.2) is 41.2 Å². The van der Waals surface area contributed by atoms with Crippen LogP contribution in [0, 0.1) is 0 Å². The smallest absolute Gasteiger partial charge is 0.487 e. The molecule has 0 bridgehead atoms. The molecular formula is C30H22F6N2O6. The highest BCUT2D eigenvalue weighted by Crippen LogP contribution is 2.31. The average molecular weight is 621 g/mol. The van der Waals surface area contributed by atoms with Crippen LogP contribution in [0.15, 0.2) is 84.9 Å². The summed E-state index contributed by atoms with van der Waals surface area (Å²) in [5, 5.41) is 11.2. The number of rotatable bonds is 11. The van der Waals surface area contributed by atoms with Gasteiger partial charge in [0.2, 0.25) is 0 Å². The fourth-order valence-electron chi connectivity index (χ4n) is 3.94. The van der Waals surface area contributed by atoms with Gasteiger partial charge in [-0.2, -0.15) is 0 Å². The zero-order valence-electron chi connectivity index (χ0n) is 22.4. The summed E-state index contributed by atoms with van der Waals surface area (Å²) in [6, 6.07) is 19.3. The van der Waals surface area contributed by atoms with E-state index in [0.717, 1.165) is 24.3 Å². The topological polar surface area (TPSA) is 107 Å². The lowest BCUT2D eigenvalue weighted by atomic mass is 10.0. The van der Waals surface area contributed by atoms with E-state index in [1.54, 1.807) is 12.1 Å². The number of halogens is 6. The largest absolute Gasteiger partial charge is 0.573 e. The number of hydrogen-bond donors (Lipinski definition) is 2. The zero-order valence-corrected chi connectivity index (χ0v) is 22.4. The minimum atomic E-state index is -4.86. The number of nitrogens with zero attached hydrogens (tertiary/aromatic N) is 1. The van der Waals surface area contributed by atoms with Crippen molar-refractivity contribution in [1.29, 1.82) is 0 Å². The van der Waals surface area contributed by atoms with E-state index >= 15 is 0 Å². The van der Waals surface area contributed by atoms with Gasteiger partial charge in [-0.15, -0.1) is 26.3 Å². The molecule has 14 heteroatoms. The van der Waals surface area contributed by atoms with Crippen LogP contribution in [0.4, 0.5) is 26.3 Å². The predicted octanol–water partition coefficient (Wildman–Crippen LogP) is 7.00. The maximum Gasteiger partial charge on any atom is 0.573 e. The van der Waals surface area contributed by atoms with Crippen LogP contribution in [0.2, 0.25) is 0 Å². The van der Waals surface area contributed by atoms with Crippen molar-refractivity contribution in [3.63, 3.8) is 0 Å². The van der Waals surface area contributed by atoms with Gasteiger partial charge in [0.05, 0.1) is 17.8 Å². The summed E-state index contributed by atoms with van der Waals surface area (Å²) in [7, 11) is 0. The molecule has 8 nitrogen and oxygen atoms in total. The third kappa shape index (κ3) is 9.37. The summed E-state index contributed by atoms with van der Waals surface area (Å²) in [4.78, 5) is 27.4. The van der Waals surface area contributed by atoms with E-state index in [1.165, 1.54) is 48.5 Å². The van der Waals surface area contributed by atoms with Gasteiger partial charge in [-0.1, -0.05) is 18.2 Å². The van der Waals surface area contributed by atoms with Crippen LogP contribution in [0.3, 0.4) is 0 Å². The summed E-state index contributed by atoms with van der Waals surface area (Å²) < 4.78 is 89.1. The van der Waals surface area contributed by atoms with Gasteiger partial charge < -0.3 is 24.6 Å². The van der Waals surface area contributed by atoms with Crippen LogP contribution >= 0.6 is 0 Å². The number of alkyl halides is 6. The molecule has 0 aliphatic carbocycles. The van der Waals surface area contributed by atoms with E-state index in [2.05, 4.69) is 19.8 Å². The minimum absolute atomic E-state index is 0.0431. The number of pyridine rings is 1. The van der Waals surface area contributed by atoms with Crippen molar-refractivity contribution in [2.45, 2.75) is 25.8 Å². The highest BCUT2D eigenvalue weighted by molar-refractivity contribution is 5.94. The molecule has 1 aromatic heterocycles. The van der Waals surface area contributed by atoms with Gasteiger partial charge in [0.1, 0.15) is 23.9 Å². The van der Waals surface area contributed by atoms with Gasteiger partial charge >= 0.3 is 18.7 Å². The van der Waals surface area contributed by atoms with Gasteiger partial charge in [-0.3, -0.25) is 9.59 Å². The molecule has 0 atom stereocenters. The van der Waals surface area contributed by atoms with Crippen LogP contribution < -0.4 is 19.5 Å². The molecule has 4 aromatic rings. The van der Waals surface area contributed by atoms with E-state index in [4.69, 9.17) is 9.84 Å². The molecule has 0 spiro atoms. The summed E-state index contributed by atoms with van der Waals surface area (Å²) in [6.45, 7) is -0.179. The number of carbonyl (C=O) groups excluding carboxylic acids is 1. The summed E-state index contributed by atoms with van der Waals surface area (Å²) in [5.41, 5.74) is 2.43. The van der Waals surface area contributed by atoms with Crippen molar-refractivity contribution >= 4 is 11.9 Å². The van der Waals surface area contributed by atoms with Gasteiger partial charge in [0.15, 0.2) is 0 Å². The van der Waals surface area contributed by atoms with E-state index < -0.39 is 36.1 Å². The fourth-order valence-corrected chi connectivity index (χ4v) is 3.94. The third-order valence-corrected chi connectivity index (χ3v) is 5.87. The lowest BCUT2D eigenvalue weighted by Gasteiger charge is -2.14. The second-order valence-corrected chi connectivity index (χ2v) is 9.05. The Hall–Kier alpha value is -5.27. The first-order chi connectivity index (χ1) is 20.8. The first-order valence-electron chi connectivity index (χ1n) is 12.7. The molecule has 0 saturated carbocycles. The Morgan fingerprint density at radius 3 is 1.75 bits per heavy atom. The molecule has 0 radical (unpaired) electrons. The molecule has 0 aliphatic heterocycles. The molecule has 0 unspecified atom stereocenters. The number of carboxylic acid groups (broad SMARTS) is 1. The van der Waals surface area contributed by atoms with Gasteiger partial charge in [0, 0.05) is 23.2 Å². The quantitative estimate of drug-likeness (QED) is 0.174. The number of carboxylic acids is 1. The number of benzene rings is 3. The molecule has 0 fully saturated rings. The van der Waals surface area contributed by atoms with Crippen molar-refractivity contribution in [3.05, 3.63) is 96.2 Å². The normalized spacial score (nSPS) is 11.5. The number of amides is 1. The Bertz CT molecular complexity index is 1590. The van der Waals surface area contributed by atoms with Gasteiger partial charge in [-0.25, -0.2) is 4.98 Å². The fraction of sp³-hybridized carbons (Fsp3) is 0.167. The van der Waals surface area contributed by atoms with Crippen molar-refractivity contribution < 1.29 is 55.2 Å². The molecule has 0 aliphatic rings. The molecule has 1 amide bonds. The van der Waals surface area contributed by atoms with Crippen LogP contribution in [0.1, 0.15) is 22.5 Å². The van der Waals surface area contributed by atoms with Crippen molar-refractivity contribution in [2.75, 3.05) is 6.54 Å². The molecule has 0 saturated heterocycles. The summed E-state index contributed by atoms with van der Waals surface area (Å²) in [5.74, 6) is -2.02.